The Morgan fingerprint density at radius 1 is 1.10 bits per heavy atom. The molecule has 3 N–H and O–H groups in total. The lowest BCUT2D eigenvalue weighted by molar-refractivity contribution is -0.141. The molecule has 0 aromatic heterocycles. The SMILES string of the molecule is COc1cc(C2c3cc4c(cc3C(O)C3COC(=O)C23)OCO4)cc(CO)c1O. The minimum Gasteiger partial charge on any atom is -0.504 e. The topological polar surface area (TPSA) is 115 Å². The first kappa shape index (κ1) is 18.1. The standard InChI is InChI=1S/C21H20O8/c1-26-16-3-9(2-10(6-22)19(16)23)17-11-4-14-15(29-8-28-14)5-12(11)20(24)13-7-27-21(25)18(13)17/h2-5,13,17-18,20,22-24H,6-8H2,1H3. The largest absolute Gasteiger partial charge is 0.504 e. The highest BCUT2D eigenvalue weighted by molar-refractivity contribution is 5.78. The van der Waals surface area contributed by atoms with E-state index < -0.39 is 30.5 Å². The molecule has 29 heavy (non-hydrogen) atoms. The van der Waals surface area contributed by atoms with Gasteiger partial charge in [-0.15, -0.1) is 0 Å². The minimum absolute atomic E-state index is 0.0928. The fourth-order valence-corrected chi connectivity index (χ4v) is 4.68. The van der Waals surface area contributed by atoms with E-state index in [0.717, 1.165) is 5.56 Å². The summed E-state index contributed by atoms with van der Waals surface area (Å²) in [6, 6.07) is 6.83. The minimum atomic E-state index is -0.886. The molecule has 152 valence electrons. The Balaban J connectivity index is 1.75. The predicted octanol–water partition coefficient (Wildman–Crippen LogP) is 1.59. The zero-order chi connectivity index (χ0) is 20.3. The van der Waals surface area contributed by atoms with E-state index in [1.165, 1.54) is 7.11 Å². The van der Waals surface area contributed by atoms with Gasteiger partial charge in [-0.1, -0.05) is 0 Å². The van der Waals surface area contributed by atoms with E-state index in [1.807, 2.05) is 0 Å². The van der Waals surface area contributed by atoms with Gasteiger partial charge in [-0.2, -0.15) is 0 Å². The van der Waals surface area contributed by atoms with Crippen LogP contribution >= 0.6 is 0 Å². The van der Waals surface area contributed by atoms with Crippen LogP contribution in [0.5, 0.6) is 23.0 Å². The van der Waals surface area contributed by atoms with Gasteiger partial charge in [-0.05, 0) is 41.0 Å². The fourth-order valence-electron chi connectivity index (χ4n) is 4.68. The molecule has 1 aliphatic carbocycles. The van der Waals surface area contributed by atoms with Gasteiger partial charge < -0.3 is 34.3 Å². The average molecular weight is 400 g/mol. The molecule has 0 saturated carbocycles. The van der Waals surface area contributed by atoms with Gasteiger partial charge in [0.2, 0.25) is 6.79 Å². The average Bonchev–Trinajstić information content (AvgIpc) is 3.34. The van der Waals surface area contributed by atoms with Gasteiger partial charge >= 0.3 is 5.97 Å². The van der Waals surface area contributed by atoms with Crippen LogP contribution in [0, 0.1) is 11.8 Å². The van der Waals surface area contributed by atoms with Gasteiger partial charge in [0.15, 0.2) is 23.0 Å². The van der Waals surface area contributed by atoms with E-state index in [2.05, 4.69) is 0 Å². The maximum atomic E-state index is 12.6. The number of esters is 1. The maximum absolute atomic E-state index is 12.6. The van der Waals surface area contributed by atoms with Crippen LogP contribution in [0.15, 0.2) is 24.3 Å². The number of methoxy groups -OCH3 is 1. The Morgan fingerprint density at radius 3 is 2.52 bits per heavy atom. The Morgan fingerprint density at radius 2 is 1.83 bits per heavy atom. The second-order valence-electron chi connectivity index (χ2n) is 7.47. The number of aliphatic hydroxyl groups is 2. The van der Waals surface area contributed by atoms with Crippen molar-refractivity contribution in [3.8, 4) is 23.0 Å². The van der Waals surface area contributed by atoms with Gasteiger partial charge in [0.1, 0.15) is 0 Å². The molecule has 0 spiro atoms. The number of carbonyl (C=O) groups excluding carboxylic acids is 1. The Hall–Kier alpha value is -2.97. The van der Waals surface area contributed by atoms with E-state index in [1.54, 1.807) is 24.3 Å². The number of aromatic hydroxyl groups is 1. The number of rotatable bonds is 3. The first-order valence-corrected chi connectivity index (χ1v) is 9.32. The maximum Gasteiger partial charge on any atom is 0.310 e. The van der Waals surface area contributed by atoms with Crippen molar-refractivity contribution in [2.75, 3.05) is 20.5 Å². The van der Waals surface area contributed by atoms with Crippen LogP contribution in [0.3, 0.4) is 0 Å². The number of cyclic esters (lactones) is 1. The molecule has 2 aliphatic heterocycles. The van der Waals surface area contributed by atoms with Crippen LogP contribution in [-0.4, -0.2) is 41.8 Å². The Bertz CT molecular complexity index is 975. The number of carbonyl (C=O) groups is 1. The van der Waals surface area contributed by atoms with Gasteiger partial charge in [-0.25, -0.2) is 0 Å². The molecule has 8 nitrogen and oxygen atoms in total. The smallest absolute Gasteiger partial charge is 0.310 e. The van der Waals surface area contributed by atoms with Crippen molar-refractivity contribution in [1.82, 2.24) is 0 Å². The van der Waals surface area contributed by atoms with Gasteiger partial charge in [0.25, 0.3) is 0 Å². The highest BCUT2D eigenvalue weighted by Gasteiger charge is 2.52. The molecule has 5 rings (SSSR count). The normalized spacial score (nSPS) is 26.7. The summed E-state index contributed by atoms with van der Waals surface area (Å²) in [6.07, 6.45) is -0.886. The van der Waals surface area contributed by atoms with E-state index in [9.17, 15) is 20.1 Å². The predicted molar refractivity (Wildman–Crippen MR) is 97.9 cm³/mol. The first-order chi connectivity index (χ1) is 14.0. The lowest BCUT2D eigenvalue weighted by Gasteiger charge is -2.37. The molecule has 2 heterocycles. The summed E-state index contributed by atoms with van der Waals surface area (Å²) < 4.78 is 21.5. The molecule has 1 fully saturated rings. The summed E-state index contributed by atoms with van der Waals surface area (Å²) in [7, 11) is 1.42. The number of benzene rings is 2. The van der Waals surface area contributed by atoms with Crippen molar-refractivity contribution in [3.05, 3.63) is 46.5 Å². The molecule has 2 aromatic rings. The summed E-state index contributed by atoms with van der Waals surface area (Å²) in [5.41, 5.74) is 2.33. The quantitative estimate of drug-likeness (QED) is 0.666. The molecular weight excluding hydrogens is 380 g/mol. The molecule has 4 atom stereocenters. The molecule has 2 aromatic carbocycles. The van der Waals surface area contributed by atoms with E-state index in [4.69, 9.17) is 18.9 Å². The first-order valence-electron chi connectivity index (χ1n) is 9.32. The second-order valence-corrected chi connectivity index (χ2v) is 7.47. The monoisotopic (exact) mass is 400 g/mol. The van der Waals surface area contributed by atoms with Crippen molar-refractivity contribution in [1.29, 1.82) is 0 Å². The molecule has 4 unspecified atom stereocenters. The highest BCUT2D eigenvalue weighted by Crippen LogP contribution is 2.54. The van der Waals surface area contributed by atoms with Crippen LogP contribution < -0.4 is 14.2 Å². The second kappa shape index (κ2) is 6.53. The summed E-state index contributed by atoms with van der Waals surface area (Å²) in [6.45, 7) is -0.176. The van der Waals surface area contributed by atoms with Crippen LogP contribution in [0.2, 0.25) is 0 Å². The Kier molecular flexibility index (Phi) is 4.07. The summed E-state index contributed by atoms with van der Waals surface area (Å²) >= 11 is 0. The van der Waals surface area contributed by atoms with Crippen molar-refractivity contribution in [2.45, 2.75) is 18.6 Å². The van der Waals surface area contributed by atoms with Gasteiger partial charge in [0, 0.05) is 17.4 Å². The van der Waals surface area contributed by atoms with E-state index >= 15 is 0 Å². The summed E-state index contributed by atoms with van der Waals surface area (Å²) in [5.74, 6) is -0.753. The van der Waals surface area contributed by atoms with E-state index in [0.29, 0.717) is 22.6 Å². The lowest BCUT2D eigenvalue weighted by Crippen LogP contribution is -2.34. The molecular formula is C21H20O8. The van der Waals surface area contributed by atoms with Crippen LogP contribution in [0.1, 0.15) is 34.3 Å². The van der Waals surface area contributed by atoms with Crippen molar-refractivity contribution < 1.29 is 39.1 Å². The third-order valence-corrected chi connectivity index (χ3v) is 6.07. The number of aliphatic hydroxyl groups excluding tert-OH is 2. The number of fused-ring (bicyclic) bond motifs is 3. The third kappa shape index (κ3) is 2.56. The third-order valence-electron chi connectivity index (χ3n) is 6.07. The van der Waals surface area contributed by atoms with Crippen LogP contribution in [0.25, 0.3) is 0 Å². The molecule has 3 aliphatic rings. The Labute approximate surface area is 166 Å². The molecule has 8 heteroatoms. The fraction of sp³-hybridized carbons (Fsp3) is 0.381. The highest BCUT2D eigenvalue weighted by atomic mass is 16.7. The van der Waals surface area contributed by atoms with Gasteiger partial charge in [0.05, 0.1) is 32.3 Å². The van der Waals surface area contributed by atoms with Crippen molar-refractivity contribution >= 4 is 5.97 Å². The molecule has 0 bridgehead atoms. The summed E-state index contributed by atoms with van der Waals surface area (Å²) in [4.78, 5) is 12.6. The van der Waals surface area contributed by atoms with Crippen molar-refractivity contribution in [2.24, 2.45) is 11.8 Å². The lowest BCUT2D eigenvalue weighted by atomic mass is 9.66. The van der Waals surface area contributed by atoms with E-state index in [-0.39, 0.29) is 36.4 Å². The zero-order valence-electron chi connectivity index (χ0n) is 15.6. The number of hydrogen-bond donors (Lipinski definition) is 3. The molecule has 0 radical (unpaired) electrons. The zero-order valence-corrected chi connectivity index (χ0v) is 15.6. The van der Waals surface area contributed by atoms with Gasteiger partial charge in [-0.3, -0.25) is 4.79 Å². The molecule has 1 saturated heterocycles. The molecule has 0 amide bonds. The number of phenols is 1. The van der Waals surface area contributed by atoms with Crippen LogP contribution in [0.4, 0.5) is 0 Å². The van der Waals surface area contributed by atoms with Crippen molar-refractivity contribution in [3.63, 3.8) is 0 Å². The summed E-state index contributed by atoms with van der Waals surface area (Å²) in [5, 5.41) is 30.9. The van der Waals surface area contributed by atoms with Crippen LogP contribution in [-0.2, 0) is 16.1 Å². The number of ether oxygens (including phenoxy) is 4. The number of hydrogen-bond acceptors (Lipinski definition) is 8.